The van der Waals surface area contributed by atoms with Crippen LogP contribution in [0, 0.1) is 24.7 Å². The Hall–Kier alpha value is -2.87. The van der Waals surface area contributed by atoms with Gasteiger partial charge >= 0.3 is 0 Å². The van der Waals surface area contributed by atoms with Crippen molar-refractivity contribution in [1.29, 1.82) is 0 Å². The molecule has 0 spiro atoms. The average molecular weight is 594 g/mol. The van der Waals surface area contributed by atoms with E-state index < -0.39 is 27.5 Å². The quantitative estimate of drug-likeness (QED) is 0.413. The molecule has 0 aliphatic heterocycles. The fourth-order valence-corrected chi connectivity index (χ4v) is 8.94. The van der Waals surface area contributed by atoms with Gasteiger partial charge in [-0.2, -0.15) is 0 Å². The summed E-state index contributed by atoms with van der Waals surface area (Å²) in [5.74, 6) is 1.74. The van der Waals surface area contributed by atoms with Crippen LogP contribution >= 0.6 is 0 Å². The Balaban J connectivity index is 1.40. The molecule has 1 atom stereocenters. The van der Waals surface area contributed by atoms with Gasteiger partial charge in [0.2, 0.25) is 21.8 Å². The maximum absolute atomic E-state index is 13.9. The average Bonchev–Trinajstić information content (AvgIpc) is 2.88. The van der Waals surface area contributed by atoms with Crippen molar-refractivity contribution in [2.75, 3.05) is 17.1 Å². The molecule has 2 aromatic rings. The van der Waals surface area contributed by atoms with Crippen molar-refractivity contribution in [2.24, 2.45) is 17.8 Å². The summed E-state index contributed by atoms with van der Waals surface area (Å²) in [5, 5.41) is 2.97. The fourth-order valence-electron chi connectivity index (χ4n) is 8.09. The van der Waals surface area contributed by atoms with Crippen molar-refractivity contribution in [3.05, 3.63) is 65.2 Å². The van der Waals surface area contributed by atoms with Crippen molar-refractivity contribution in [3.8, 4) is 0 Å². The van der Waals surface area contributed by atoms with Gasteiger partial charge in [-0.25, -0.2) is 8.42 Å². The van der Waals surface area contributed by atoms with Crippen LogP contribution in [0.25, 0.3) is 0 Å². The number of nitrogens with zero attached hydrogens (tertiary/aromatic N) is 2. The Morgan fingerprint density at radius 3 is 2.00 bits per heavy atom. The third-order valence-corrected chi connectivity index (χ3v) is 10.9. The Morgan fingerprint density at radius 1 is 0.952 bits per heavy atom. The van der Waals surface area contributed by atoms with E-state index in [1.807, 2.05) is 64.1 Å². The molecule has 8 heteroatoms. The van der Waals surface area contributed by atoms with Gasteiger partial charge in [0.25, 0.3) is 0 Å². The van der Waals surface area contributed by atoms with E-state index in [1.54, 1.807) is 6.92 Å². The van der Waals surface area contributed by atoms with Gasteiger partial charge in [-0.05, 0) is 125 Å². The Kier molecular flexibility index (Phi) is 8.25. The first-order valence-corrected chi connectivity index (χ1v) is 17.2. The van der Waals surface area contributed by atoms with Crippen LogP contribution in [-0.4, -0.2) is 49.5 Å². The molecule has 1 N–H and O–H groups in total. The van der Waals surface area contributed by atoms with Gasteiger partial charge in [0, 0.05) is 12.1 Å². The molecule has 4 bridgehead atoms. The number of nitrogens with one attached hydrogen (secondary N) is 1. The largest absolute Gasteiger partial charge is 0.350 e. The Bertz CT molecular complexity index is 1390. The van der Waals surface area contributed by atoms with Gasteiger partial charge < -0.3 is 10.2 Å². The van der Waals surface area contributed by atoms with Crippen LogP contribution < -0.4 is 9.62 Å². The molecule has 7 nitrogen and oxygen atoms in total. The second-order valence-electron chi connectivity index (χ2n) is 14.4. The third kappa shape index (κ3) is 6.53. The zero-order chi connectivity index (χ0) is 30.4. The number of aryl methyl sites for hydroxylation is 1. The molecule has 6 rings (SSSR count). The van der Waals surface area contributed by atoms with Gasteiger partial charge in [-0.3, -0.25) is 13.9 Å². The molecule has 42 heavy (non-hydrogen) atoms. The molecule has 0 saturated heterocycles. The number of benzene rings is 2. The Labute approximate surface area is 252 Å². The van der Waals surface area contributed by atoms with E-state index in [-0.39, 0.29) is 24.4 Å². The number of rotatable bonds is 9. The second kappa shape index (κ2) is 11.3. The van der Waals surface area contributed by atoms with Crippen molar-refractivity contribution in [1.82, 2.24) is 10.2 Å². The van der Waals surface area contributed by atoms with E-state index in [0.29, 0.717) is 5.69 Å². The molecule has 2 amide bonds. The van der Waals surface area contributed by atoms with Crippen molar-refractivity contribution >= 4 is 27.5 Å². The van der Waals surface area contributed by atoms with Gasteiger partial charge in [0.1, 0.15) is 12.6 Å². The molecular weight excluding hydrogens is 546 g/mol. The number of hydrogen-bond donors (Lipinski definition) is 1. The van der Waals surface area contributed by atoms with Gasteiger partial charge in [0.05, 0.1) is 11.9 Å². The molecule has 4 fully saturated rings. The zero-order valence-corrected chi connectivity index (χ0v) is 26.8. The molecule has 2 aromatic carbocycles. The number of anilines is 1. The normalized spacial score (nSPS) is 25.6. The second-order valence-corrected chi connectivity index (χ2v) is 16.3. The first kappa shape index (κ1) is 30.6. The number of amides is 2. The number of carbonyl (C=O) groups excluding carboxylic acids is 2. The van der Waals surface area contributed by atoms with Gasteiger partial charge in [0.15, 0.2) is 0 Å². The highest BCUT2D eigenvalue weighted by molar-refractivity contribution is 7.92. The minimum absolute atomic E-state index is 0.201. The van der Waals surface area contributed by atoms with Crippen molar-refractivity contribution in [3.63, 3.8) is 0 Å². The van der Waals surface area contributed by atoms with Crippen LogP contribution in [0.2, 0.25) is 0 Å². The highest BCUT2D eigenvalue weighted by atomic mass is 32.2. The lowest BCUT2D eigenvalue weighted by atomic mass is 9.48. The molecule has 1 unspecified atom stereocenters. The smallest absolute Gasteiger partial charge is 0.244 e. The summed E-state index contributed by atoms with van der Waals surface area (Å²) in [6, 6.07) is 14.8. The summed E-state index contributed by atoms with van der Waals surface area (Å²) in [6.45, 7) is 9.16. The van der Waals surface area contributed by atoms with Crippen molar-refractivity contribution in [2.45, 2.75) is 96.7 Å². The van der Waals surface area contributed by atoms with Crippen molar-refractivity contribution < 1.29 is 18.0 Å². The van der Waals surface area contributed by atoms with Crippen LogP contribution in [-0.2, 0) is 31.6 Å². The number of hydrogen-bond acceptors (Lipinski definition) is 4. The standard InChI is InChI=1S/C34H47N3O4S/c1-23-9-7-8-10-28(23)21-36(24(2)32(39)35-33(3,4)5)31(38)22-37(42(6,40)41)30-13-11-29(12-14-30)34-18-25-15-26(19-34)17-27(16-25)20-34/h7-14,24-27H,15-22H2,1-6H3,(H,35,39). The first-order chi connectivity index (χ1) is 19.6. The summed E-state index contributed by atoms with van der Waals surface area (Å²) in [6.07, 6.45) is 8.93. The summed E-state index contributed by atoms with van der Waals surface area (Å²) >= 11 is 0. The molecule has 0 radical (unpaired) electrons. The van der Waals surface area contributed by atoms with E-state index in [4.69, 9.17) is 0 Å². The van der Waals surface area contributed by atoms with Gasteiger partial charge in [-0.1, -0.05) is 36.4 Å². The van der Waals surface area contributed by atoms with Crippen LogP contribution in [0.1, 0.15) is 82.9 Å². The maximum Gasteiger partial charge on any atom is 0.244 e. The summed E-state index contributed by atoms with van der Waals surface area (Å²) < 4.78 is 27.3. The van der Waals surface area contributed by atoms with Crippen LogP contribution in [0.3, 0.4) is 0 Å². The summed E-state index contributed by atoms with van der Waals surface area (Å²) in [7, 11) is -3.77. The lowest BCUT2D eigenvalue weighted by Gasteiger charge is -2.57. The molecular formula is C34H47N3O4S. The lowest BCUT2D eigenvalue weighted by molar-refractivity contribution is -0.140. The van der Waals surface area contributed by atoms with E-state index in [9.17, 15) is 18.0 Å². The molecule has 4 aliphatic carbocycles. The topological polar surface area (TPSA) is 86.8 Å². The maximum atomic E-state index is 13.9. The third-order valence-electron chi connectivity index (χ3n) is 9.75. The minimum atomic E-state index is -3.77. The first-order valence-electron chi connectivity index (χ1n) is 15.4. The fraction of sp³-hybridized carbons (Fsp3) is 0.588. The predicted octanol–water partition coefficient (Wildman–Crippen LogP) is 5.56. The van der Waals surface area contributed by atoms with Crippen LogP contribution in [0.5, 0.6) is 0 Å². The molecule has 4 saturated carbocycles. The van der Waals surface area contributed by atoms with E-state index in [1.165, 1.54) is 53.3 Å². The Morgan fingerprint density at radius 2 is 1.50 bits per heavy atom. The molecule has 0 heterocycles. The monoisotopic (exact) mass is 593 g/mol. The highest BCUT2D eigenvalue weighted by Crippen LogP contribution is 2.60. The number of sulfonamides is 1. The number of carbonyl (C=O) groups is 2. The van der Waals surface area contributed by atoms with Gasteiger partial charge in [-0.15, -0.1) is 0 Å². The summed E-state index contributed by atoms with van der Waals surface area (Å²) in [4.78, 5) is 28.6. The van der Waals surface area contributed by atoms with E-state index in [2.05, 4.69) is 17.4 Å². The lowest BCUT2D eigenvalue weighted by Crippen LogP contribution is -2.54. The predicted molar refractivity (Wildman–Crippen MR) is 168 cm³/mol. The minimum Gasteiger partial charge on any atom is -0.350 e. The van der Waals surface area contributed by atoms with E-state index >= 15 is 0 Å². The molecule has 228 valence electrons. The van der Waals surface area contributed by atoms with E-state index in [0.717, 1.165) is 35.1 Å². The highest BCUT2D eigenvalue weighted by Gasteiger charge is 2.51. The van der Waals surface area contributed by atoms with Crippen LogP contribution in [0.4, 0.5) is 5.69 Å². The zero-order valence-electron chi connectivity index (χ0n) is 26.0. The van der Waals surface area contributed by atoms with Crippen LogP contribution in [0.15, 0.2) is 48.5 Å². The molecule has 0 aromatic heterocycles. The SMILES string of the molecule is Cc1ccccc1CN(C(=O)CN(c1ccc(C23CC4CC(CC(C4)C2)C3)cc1)S(C)(=O)=O)C(C)C(=O)NC(C)(C)C. The molecule has 4 aliphatic rings. The summed E-state index contributed by atoms with van der Waals surface area (Å²) in [5.41, 5.74) is 3.42.